The van der Waals surface area contributed by atoms with Crippen LogP contribution in [0.1, 0.15) is 38.2 Å². The van der Waals surface area contributed by atoms with Crippen molar-refractivity contribution in [3.05, 3.63) is 60.2 Å². The lowest BCUT2D eigenvalue weighted by atomic mass is 10.00. The quantitative estimate of drug-likeness (QED) is 0.490. The molecule has 2 aromatic carbocycles. The fourth-order valence-electron chi connectivity index (χ4n) is 4.20. The Morgan fingerprint density at radius 3 is 2.64 bits per heavy atom. The molecule has 1 atom stereocenters. The second-order valence-corrected chi connectivity index (χ2v) is 8.16. The number of carbonyl (C=O) groups excluding carboxylic acids is 1. The average molecular weight is 457 g/mol. The van der Waals surface area contributed by atoms with Crippen molar-refractivity contribution in [2.45, 2.75) is 44.8 Å². The van der Waals surface area contributed by atoms with Crippen molar-refractivity contribution in [3.63, 3.8) is 0 Å². The summed E-state index contributed by atoms with van der Waals surface area (Å²) in [6.45, 7) is 2.87. The smallest absolute Gasteiger partial charge is 0.416 e. The molecule has 2 heterocycles. The lowest BCUT2D eigenvalue weighted by Crippen LogP contribution is -2.39. The van der Waals surface area contributed by atoms with E-state index < -0.39 is 17.6 Å². The number of pyridine rings is 1. The maximum absolute atomic E-state index is 12.7. The van der Waals surface area contributed by atoms with E-state index in [0.717, 1.165) is 49.1 Å². The largest absolute Gasteiger partial charge is 0.481 e. The van der Waals surface area contributed by atoms with Crippen molar-refractivity contribution in [1.82, 2.24) is 4.98 Å². The van der Waals surface area contributed by atoms with E-state index in [1.807, 2.05) is 24.3 Å². The lowest BCUT2D eigenvalue weighted by Gasteiger charge is -2.36. The van der Waals surface area contributed by atoms with Gasteiger partial charge in [0.05, 0.1) is 5.56 Å². The number of rotatable bonds is 6. The number of nitrogens with zero attached hydrogens (tertiary/aromatic N) is 2. The van der Waals surface area contributed by atoms with Gasteiger partial charge in [0.25, 0.3) is 5.91 Å². The summed E-state index contributed by atoms with van der Waals surface area (Å²) < 4.78 is 43.8. The normalized spacial score (nSPS) is 16.6. The molecule has 5 nitrogen and oxygen atoms in total. The fourth-order valence-corrected chi connectivity index (χ4v) is 4.20. The third-order valence-electron chi connectivity index (χ3n) is 5.92. The molecule has 4 rings (SSSR count). The number of amides is 1. The van der Waals surface area contributed by atoms with Gasteiger partial charge in [-0.15, -0.1) is 0 Å². The Morgan fingerprint density at radius 1 is 1.12 bits per heavy atom. The zero-order chi connectivity index (χ0) is 23.4. The number of nitrogens with one attached hydrogen (secondary N) is 1. The van der Waals surface area contributed by atoms with Gasteiger partial charge in [-0.3, -0.25) is 4.79 Å². The molecule has 1 N–H and O–H groups in total. The Kier molecular flexibility index (Phi) is 6.72. The number of ether oxygens (including phenoxy) is 1. The van der Waals surface area contributed by atoms with Crippen LogP contribution in [0.15, 0.2) is 54.6 Å². The third-order valence-corrected chi connectivity index (χ3v) is 5.92. The van der Waals surface area contributed by atoms with Crippen molar-refractivity contribution in [2.24, 2.45) is 0 Å². The molecule has 0 bridgehead atoms. The number of halogens is 3. The number of piperidine rings is 1. The number of carbonyl (C=O) groups is 1. The summed E-state index contributed by atoms with van der Waals surface area (Å²) in [5.74, 6) is 0.922. The van der Waals surface area contributed by atoms with Gasteiger partial charge in [-0.05, 0) is 68.1 Å². The predicted molar refractivity (Wildman–Crippen MR) is 123 cm³/mol. The monoisotopic (exact) mass is 457 g/mol. The molecule has 3 aromatic rings. The molecule has 0 aliphatic carbocycles. The van der Waals surface area contributed by atoms with Crippen LogP contribution >= 0.6 is 0 Å². The Hall–Kier alpha value is -3.29. The molecule has 1 saturated heterocycles. The Labute approximate surface area is 190 Å². The van der Waals surface area contributed by atoms with Gasteiger partial charge in [0, 0.05) is 23.7 Å². The van der Waals surface area contributed by atoms with E-state index in [1.165, 1.54) is 18.6 Å². The van der Waals surface area contributed by atoms with Gasteiger partial charge in [0.15, 0.2) is 6.61 Å². The van der Waals surface area contributed by atoms with Crippen LogP contribution in [0.4, 0.5) is 24.7 Å². The first kappa shape index (κ1) is 22.9. The third kappa shape index (κ3) is 5.38. The second-order valence-electron chi connectivity index (χ2n) is 8.16. The molecule has 1 aliphatic heterocycles. The van der Waals surface area contributed by atoms with Gasteiger partial charge in [0.2, 0.25) is 0 Å². The number of hydrogen-bond acceptors (Lipinski definition) is 4. The van der Waals surface area contributed by atoms with E-state index in [4.69, 9.17) is 9.72 Å². The van der Waals surface area contributed by atoms with Gasteiger partial charge >= 0.3 is 6.18 Å². The molecule has 174 valence electrons. The maximum atomic E-state index is 12.7. The molecule has 1 aromatic heterocycles. The number of aromatic nitrogens is 1. The first-order chi connectivity index (χ1) is 15.8. The van der Waals surface area contributed by atoms with Crippen LogP contribution in [0.5, 0.6) is 5.75 Å². The SMILES string of the molecule is CCC1CCCCN1c1ccc2cccc(OCC(=O)Nc3ccc(C(F)(F)F)cc3)c2n1. The molecular weight excluding hydrogens is 431 g/mol. The molecular formula is C25H26F3N3O2. The van der Waals surface area contributed by atoms with Crippen LogP contribution in [0, 0.1) is 0 Å². The van der Waals surface area contributed by atoms with Crippen molar-refractivity contribution in [1.29, 1.82) is 0 Å². The zero-order valence-electron chi connectivity index (χ0n) is 18.4. The van der Waals surface area contributed by atoms with Gasteiger partial charge in [-0.1, -0.05) is 19.1 Å². The molecule has 1 unspecified atom stereocenters. The molecule has 0 saturated carbocycles. The minimum absolute atomic E-state index is 0.269. The highest BCUT2D eigenvalue weighted by Crippen LogP contribution is 2.31. The van der Waals surface area contributed by atoms with Crippen molar-refractivity contribution >= 4 is 28.3 Å². The lowest BCUT2D eigenvalue weighted by molar-refractivity contribution is -0.137. The van der Waals surface area contributed by atoms with Gasteiger partial charge in [-0.2, -0.15) is 13.2 Å². The Morgan fingerprint density at radius 2 is 1.91 bits per heavy atom. The van der Waals surface area contributed by atoms with Gasteiger partial charge in [-0.25, -0.2) is 4.98 Å². The number of benzene rings is 2. The summed E-state index contributed by atoms with van der Waals surface area (Å²) in [5.41, 5.74) is 0.178. The van der Waals surface area contributed by atoms with E-state index in [9.17, 15) is 18.0 Å². The number of fused-ring (bicyclic) bond motifs is 1. The van der Waals surface area contributed by atoms with Crippen LogP contribution in [0.25, 0.3) is 10.9 Å². The van der Waals surface area contributed by atoms with E-state index >= 15 is 0 Å². The highest BCUT2D eigenvalue weighted by Gasteiger charge is 2.30. The summed E-state index contributed by atoms with van der Waals surface area (Å²) in [5, 5.41) is 3.46. The molecule has 8 heteroatoms. The van der Waals surface area contributed by atoms with Crippen LogP contribution in [-0.4, -0.2) is 30.1 Å². The maximum Gasteiger partial charge on any atom is 0.416 e. The molecule has 1 fully saturated rings. The minimum atomic E-state index is -4.42. The molecule has 0 radical (unpaired) electrons. The van der Waals surface area contributed by atoms with E-state index in [0.29, 0.717) is 17.3 Å². The molecule has 1 amide bonds. The van der Waals surface area contributed by atoms with E-state index in [2.05, 4.69) is 17.1 Å². The predicted octanol–water partition coefficient (Wildman–Crippen LogP) is 6.04. The number of hydrogen-bond donors (Lipinski definition) is 1. The first-order valence-corrected chi connectivity index (χ1v) is 11.1. The minimum Gasteiger partial charge on any atom is -0.481 e. The van der Waals surface area contributed by atoms with Crippen molar-refractivity contribution < 1.29 is 22.7 Å². The number of alkyl halides is 3. The van der Waals surface area contributed by atoms with Crippen LogP contribution < -0.4 is 15.0 Å². The van der Waals surface area contributed by atoms with E-state index in [1.54, 1.807) is 6.07 Å². The van der Waals surface area contributed by atoms with Gasteiger partial charge < -0.3 is 15.0 Å². The summed E-state index contributed by atoms with van der Waals surface area (Å²) >= 11 is 0. The topological polar surface area (TPSA) is 54.5 Å². The first-order valence-electron chi connectivity index (χ1n) is 11.1. The number of anilines is 2. The van der Waals surface area contributed by atoms with E-state index in [-0.39, 0.29) is 12.3 Å². The fraction of sp³-hybridized carbons (Fsp3) is 0.360. The van der Waals surface area contributed by atoms with Crippen LogP contribution in [0.2, 0.25) is 0 Å². The molecule has 0 spiro atoms. The highest BCUT2D eigenvalue weighted by molar-refractivity contribution is 5.92. The van der Waals surface area contributed by atoms with Crippen molar-refractivity contribution in [3.8, 4) is 5.75 Å². The highest BCUT2D eigenvalue weighted by atomic mass is 19.4. The summed E-state index contributed by atoms with van der Waals surface area (Å²) in [4.78, 5) is 19.5. The molecule has 33 heavy (non-hydrogen) atoms. The average Bonchev–Trinajstić information content (AvgIpc) is 2.82. The van der Waals surface area contributed by atoms with Crippen LogP contribution in [-0.2, 0) is 11.0 Å². The summed E-state index contributed by atoms with van der Waals surface area (Å²) in [6.07, 6.45) is 0.154. The molecule has 1 aliphatic rings. The van der Waals surface area contributed by atoms with Crippen LogP contribution in [0.3, 0.4) is 0 Å². The van der Waals surface area contributed by atoms with Crippen molar-refractivity contribution in [2.75, 3.05) is 23.4 Å². The Bertz CT molecular complexity index is 1120. The standard InChI is InChI=1S/C25H26F3N3O2/c1-2-20-7-3-4-15-31(20)22-14-9-17-6-5-8-21(24(17)30-22)33-16-23(32)29-19-12-10-18(11-13-19)25(26,27)28/h5-6,8-14,20H,2-4,7,15-16H2,1H3,(H,29,32). The summed E-state index contributed by atoms with van der Waals surface area (Å²) in [6, 6.07) is 14.3. The number of para-hydroxylation sites is 1. The zero-order valence-corrected chi connectivity index (χ0v) is 18.4. The Balaban J connectivity index is 1.46. The van der Waals surface area contributed by atoms with Gasteiger partial charge in [0.1, 0.15) is 17.1 Å². The second kappa shape index (κ2) is 9.68. The summed E-state index contributed by atoms with van der Waals surface area (Å²) in [7, 11) is 0.